The SMILES string of the molecule is C=C/C=C(\C=C/C)c1ccc(-c2cccc(-c3ccc(C)cc3)c2)cc1.C=CCC.CC. The Balaban J connectivity index is 0.000000769. The molecule has 0 saturated heterocycles. The zero-order valence-corrected chi connectivity index (χ0v) is 20.4. The quantitative estimate of drug-likeness (QED) is 0.274. The van der Waals surface area contributed by atoms with E-state index in [1.54, 1.807) is 0 Å². The molecule has 0 aromatic heterocycles. The molecule has 32 heavy (non-hydrogen) atoms. The summed E-state index contributed by atoms with van der Waals surface area (Å²) in [5, 5.41) is 0. The Morgan fingerprint density at radius 3 is 1.72 bits per heavy atom. The van der Waals surface area contributed by atoms with Crippen LogP contribution < -0.4 is 0 Å². The molecule has 0 N–H and O–H groups in total. The second-order valence-corrected chi connectivity index (χ2v) is 7.08. The van der Waals surface area contributed by atoms with Gasteiger partial charge in [0.25, 0.3) is 0 Å². The minimum atomic E-state index is 1.08. The smallest absolute Gasteiger partial charge is 0.0178 e. The molecule has 0 fully saturated rings. The highest BCUT2D eigenvalue weighted by Crippen LogP contribution is 2.28. The summed E-state index contributed by atoms with van der Waals surface area (Å²) in [7, 11) is 0. The van der Waals surface area contributed by atoms with Gasteiger partial charge in [-0.1, -0.05) is 130 Å². The number of hydrogen-bond acceptors (Lipinski definition) is 0. The normalized spacial score (nSPS) is 10.5. The van der Waals surface area contributed by atoms with Crippen LogP contribution in [0.4, 0.5) is 0 Å². The second-order valence-electron chi connectivity index (χ2n) is 7.08. The lowest BCUT2D eigenvalue weighted by Crippen LogP contribution is -1.84. The molecule has 0 heteroatoms. The van der Waals surface area contributed by atoms with Gasteiger partial charge in [0.2, 0.25) is 0 Å². The Hall–Kier alpha value is -3.38. The number of benzene rings is 3. The molecule has 0 radical (unpaired) electrons. The predicted molar refractivity (Wildman–Crippen MR) is 147 cm³/mol. The summed E-state index contributed by atoms with van der Waals surface area (Å²) in [6.45, 7) is 17.5. The Morgan fingerprint density at radius 2 is 1.28 bits per heavy atom. The van der Waals surface area contributed by atoms with Crippen LogP contribution in [0.5, 0.6) is 0 Å². The summed E-state index contributed by atoms with van der Waals surface area (Å²) in [6.07, 6.45) is 11.0. The predicted octanol–water partition coefficient (Wildman–Crippen LogP) is 10.1. The minimum Gasteiger partial charge on any atom is -0.103 e. The van der Waals surface area contributed by atoms with Crippen LogP contribution in [0.2, 0.25) is 0 Å². The van der Waals surface area contributed by atoms with Crippen LogP contribution in [-0.2, 0) is 0 Å². The fourth-order valence-electron chi connectivity index (χ4n) is 3.03. The van der Waals surface area contributed by atoms with E-state index < -0.39 is 0 Å². The van der Waals surface area contributed by atoms with Gasteiger partial charge in [0.1, 0.15) is 0 Å². The van der Waals surface area contributed by atoms with Gasteiger partial charge in [-0.3, -0.25) is 0 Å². The Bertz CT molecular complexity index is 997. The maximum Gasteiger partial charge on any atom is -0.0178 e. The van der Waals surface area contributed by atoms with Crippen LogP contribution in [0, 0.1) is 6.92 Å². The molecule has 0 aliphatic heterocycles. The van der Waals surface area contributed by atoms with Gasteiger partial charge >= 0.3 is 0 Å². The van der Waals surface area contributed by atoms with Crippen LogP contribution in [-0.4, -0.2) is 0 Å². The standard InChI is InChI=1S/C26H24.C4H8.C2H6/c1-4-7-21(8-5-2)22-15-17-24(18-16-22)26-10-6-9-25(19-26)23-13-11-20(3)12-14-23;1-3-4-2;1-2/h4-19H,1H2,2-3H3;3H,1,4H2,2H3;1-2H3/b8-5-,21-7+;;. The topological polar surface area (TPSA) is 0 Å². The third kappa shape index (κ3) is 8.40. The van der Waals surface area contributed by atoms with Crippen LogP contribution >= 0.6 is 0 Å². The number of hydrogen-bond donors (Lipinski definition) is 0. The summed E-state index contributed by atoms with van der Waals surface area (Å²) < 4.78 is 0. The largest absolute Gasteiger partial charge is 0.103 e. The Morgan fingerprint density at radius 1 is 0.781 bits per heavy atom. The first kappa shape index (κ1) is 26.7. The number of aryl methyl sites for hydroxylation is 1. The van der Waals surface area contributed by atoms with E-state index in [1.807, 2.05) is 45.1 Å². The average Bonchev–Trinajstić information content (AvgIpc) is 2.86. The maximum absolute atomic E-state index is 3.81. The second kappa shape index (κ2) is 15.4. The zero-order chi connectivity index (χ0) is 23.8. The van der Waals surface area contributed by atoms with Crippen LogP contribution in [0.25, 0.3) is 27.8 Å². The van der Waals surface area contributed by atoms with Crippen molar-refractivity contribution in [3.8, 4) is 22.3 Å². The van der Waals surface area contributed by atoms with E-state index in [-0.39, 0.29) is 0 Å². The molecule has 3 aromatic rings. The average molecular weight is 423 g/mol. The van der Waals surface area contributed by atoms with Crippen LogP contribution in [0.3, 0.4) is 0 Å². The maximum atomic E-state index is 3.81. The van der Waals surface area contributed by atoms with E-state index in [1.165, 1.54) is 39.0 Å². The molecule has 0 atom stereocenters. The van der Waals surface area contributed by atoms with Crippen molar-refractivity contribution in [3.05, 3.63) is 127 Å². The van der Waals surface area contributed by atoms with E-state index in [4.69, 9.17) is 0 Å². The number of allylic oxidation sites excluding steroid dienone is 6. The van der Waals surface area contributed by atoms with Gasteiger partial charge in [0, 0.05) is 0 Å². The first-order chi connectivity index (χ1) is 15.6. The molecule has 3 rings (SSSR count). The van der Waals surface area contributed by atoms with Gasteiger partial charge in [0.15, 0.2) is 0 Å². The minimum absolute atomic E-state index is 1.08. The molecule has 0 spiro atoms. The highest BCUT2D eigenvalue weighted by atomic mass is 14.1. The molecule has 166 valence electrons. The first-order valence-corrected chi connectivity index (χ1v) is 11.5. The highest BCUT2D eigenvalue weighted by molar-refractivity contribution is 5.78. The lowest BCUT2D eigenvalue weighted by atomic mass is 9.96. The number of rotatable bonds is 6. The molecular formula is C32H38. The van der Waals surface area contributed by atoms with E-state index in [9.17, 15) is 0 Å². The van der Waals surface area contributed by atoms with Crippen molar-refractivity contribution in [2.45, 2.75) is 41.0 Å². The zero-order valence-electron chi connectivity index (χ0n) is 20.4. The summed E-state index contributed by atoms with van der Waals surface area (Å²) in [5.41, 5.74) is 8.59. The monoisotopic (exact) mass is 422 g/mol. The summed E-state index contributed by atoms with van der Waals surface area (Å²) in [5.74, 6) is 0. The van der Waals surface area contributed by atoms with Gasteiger partial charge in [-0.15, -0.1) is 6.58 Å². The van der Waals surface area contributed by atoms with E-state index in [0.717, 1.165) is 6.42 Å². The van der Waals surface area contributed by atoms with E-state index in [2.05, 4.69) is 106 Å². The molecule has 0 aliphatic rings. The molecule has 0 nitrogen and oxygen atoms in total. The first-order valence-electron chi connectivity index (χ1n) is 11.5. The molecule has 3 aromatic carbocycles. The Kier molecular flexibility index (Phi) is 12.8. The van der Waals surface area contributed by atoms with E-state index >= 15 is 0 Å². The molecule has 0 bridgehead atoms. The van der Waals surface area contributed by atoms with Crippen molar-refractivity contribution in [2.75, 3.05) is 0 Å². The van der Waals surface area contributed by atoms with Gasteiger partial charge in [-0.25, -0.2) is 0 Å². The Labute approximate surface area is 196 Å². The summed E-state index contributed by atoms with van der Waals surface area (Å²) in [6, 6.07) is 26.1. The lowest BCUT2D eigenvalue weighted by Gasteiger charge is -2.08. The molecule has 0 saturated carbocycles. The van der Waals surface area contributed by atoms with Crippen molar-refractivity contribution >= 4 is 5.57 Å². The van der Waals surface area contributed by atoms with Gasteiger partial charge in [-0.2, -0.15) is 0 Å². The van der Waals surface area contributed by atoms with Crippen molar-refractivity contribution in [1.29, 1.82) is 0 Å². The van der Waals surface area contributed by atoms with Crippen molar-refractivity contribution in [2.24, 2.45) is 0 Å². The fourth-order valence-corrected chi connectivity index (χ4v) is 3.03. The van der Waals surface area contributed by atoms with E-state index in [0.29, 0.717) is 0 Å². The van der Waals surface area contributed by atoms with Crippen LogP contribution in [0.1, 0.15) is 45.2 Å². The third-order valence-electron chi connectivity index (χ3n) is 4.73. The molecule has 0 amide bonds. The lowest BCUT2D eigenvalue weighted by molar-refractivity contribution is 1.23. The molecular weight excluding hydrogens is 384 g/mol. The van der Waals surface area contributed by atoms with Gasteiger partial charge in [0.05, 0.1) is 0 Å². The fraction of sp³-hybridized carbons (Fsp3) is 0.188. The summed E-state index contributed by atoms with van der Waals surface area (Å²) >= 11 is 0. The van der Waals surface area contributed by atoms with Gasteiger partial charge in [-0.05, 0) is 59.7 Å². The molecule has 0 unspecified atom stereocenters. The van der Waals surface area contributed by atoms with Crippen molar-refractivity contribution < 1.29 is 0 Å². The van der Waals surface area contributed by atoms with Crippen molar-refractivity contribution in [3.63, 3.8) is 0 Å². The third-order valence-corrected chi connectivity index (χ3v) is 4.73. The molecule has 0 heterocycles. The van der Waals surface area contributed by atoms with Crippen LogP contribution in [0.15, 0.2) is 116 Å². The highest BCUT2D eigenvalue weighted by Gasteiger charge is 2.03. The van der Waals surface area contributed by atoms with Gasteiger partial charge < -0.3 is 0 Å². The van der Waals surface area contributed by atoms with Crippen molar-refractivity contribution in [1.82, 2.24) is 0 Å². The molecule has 0 aliphatic carbocycles. The summed E-state index contributed by atoms with van der Waals surface area (Å²) in [4.78, 5) is 0.